The highest BCUT2D eigenvalue weighted by Crippen LogP contribution is 2.25. The Balaban J connectivity index is 2.20. The van der Waals surface area contributed by atoms with Gasteiger partial charge in [0.05, 0.1) is 17.0 Å². The average molecular weight is 221 g/mol. The van der Waals surface area contributed by atoms with E-state index in [1.807, 2.05) is 26.0 Å². The maximum Gasteiger partial charge on any atom is 0.129 e. The number of aromatic nitrogens is 1. The molecule has 16 heavy (non-hydrogen) atoms. The normalized spacial score (nSPS) is 25.8. The van der Waals surface area contributed by atoms with Crippen molar-refractivity contribution in [3.63, 3.8) is 0 Å². The molecule has 1 unspecified atom stereocenters. The zero-order valence-electron chi connectivity index (χ0n) is 9.90. The highest BCUT2D eigenvalue weighted by molar-refractivity contribution is 5.50. The molecule has 0 aliphatic carbocycles. The maximum atomic E-state index is 10.0. The Morgan fingerprint density at radius 2 is 2.25 bits per heavy atom. The van der Waals surface area contributed by atoms with Crippen LogP contribution in [0.3, 0.4) is 0 Å². The molecule has 0 radical (unpaired) electrons. The molecule has 1 saturated heterocycles. The van der Waals surface area contributed by atoms with Gasteiger partial charge >= 0.3 is 0 Å². The van der Waals surface area contributed by atoms with Crippen molar-refractivity contribution in [3.8, 4) is 0 Å². The molecule has 1 fully saturated rings. The number of hydrogen-bond acceptors (Lipinski definition) is 4. The highest BCUT2D eigenvalue weighted by Gasteiger charge is 2.28. The van der Waals surface area contributed by atoms with Gasteiger partial charge in [-0.3, -0.25) is 0 Å². The van der Waals surface area contributed by atoms with Crippen LogP contribution in [0.25, 0.3) is 0 Å². The van der Waals surface area contributed by atoms with Crippen LogP contribution in [0.15, 0.2) is 12.1 Å². The van der Waals surface area contributed by atoms with Crippen molar-refractivity contribution in [2.45, 2.75) is 32.3 Å². The van der Waals surface area contributed by atoms with Crippen molar-refractivity contribution in [1.29, 1.82) is 0 Å². The fraction of sp³-hybridized carbons (Fsp3) is 0.583. The van der Waals surface area contributed by atoms with Gasteiger partial charge < -0.3 is 15.7 Å². The van der Waals surface area contributed by atoms with Crippen LogP contribution in [-0.2, 0) is 0 Å². The Kier molecular flexibility index (Phi) is 2.76. The predicted octanol–water partition coefficient (Wildman–Crippen LogP) is 1.32. The molecular formula is C12H19N3O. The zero-order valence-corrected chi connectivity index (χ0v) is 9.90. The summed E-state index contributed by atoms with van der Waals surface area (Å²) in [6, 6.07) is 3.80. The molecule has 0 saturated carbocycles. The number of rotatable bonds is 1. The van der Waals surface area contributed by atoms with Crippen molar-refractivity contribution in [2.24, 2.45) is 0 Å². The van der Waals surface area contributed by atoms with Gasteiger partial charge in [0.15, 0.2) is 0 Å². The number of anilines is 2. The Labute approximate surface area is 96.1 Å². The lowest BCUT2D eigenvalue weighted by Crippen LogP contribution is -2.46. The Bertz CT molecular complexity index is 390. The van der Waals surface area contributed by atoms with Gasteiger partial charge in [0.1, 0.15) is 5.82 Å². The molecule has 2 rings (SSSR count). The Morgan fingerprint density at radius 1 is 1.50 bits per heavy atom. The van der Waals surface area contributed by atoms with Gasteiger partial charge in [0.2, 0.25) is 0 Å². The van der Waals surface area contributed by atoms with E-state index in [0.29, 0.717) is 12.2 Å². The number of aryl methyl sites for hydroxylation is 1. The van der Waals surface area contributed by atoms with Gasteiger partial charge in [-0.1, -0.05) is 0 Å². The number of nitrogen functional groups attached to an aromatic ring is 1. The molecule has 1 aliphatic rings. The molecule has 2 heterocycles. The maximum absolute atomic E-state index is 10.0. The van der Waals surface area contributed by atoms with Crippen LogP contribution in [0.1, 0.15) is 25.5 Å². The van der Waals surface area contributed by atoms with E-state index in [1.54, 1.807) is 0 Å². The van der Waals surface area contributed by atoms with Crippen LogP contribution in [0.5, 0.6) is 0 Å². The molecule has 1 aromatic heterocycles. The second kappa shape index (κ2) is 3.94. The van der Waals surface area contributed by atoms with Crippen molar-refractivity contribution >= 4 is 11.5 Å². The molecule has 0 bridgehead atoms. The van der Waals surface area contributed by atoms with Gasteiger partial charge in [-0.05, 0) is 38.8 Å². The lowest BCUT2D eigenvalue weighted by Gasteiger charge is -2.37. The van der Waals surface area contributed by atoms with E-state index < -0.39 is 5.60 Å². The van der Waals surface area contributed by atoms with E-state index >= 15 is 0 Å². The molecule has 4 nitrogen and oxygen atoms in total. The van der Waals surface area contributed by atoms with E-state index in [4.69, 9.17) is 5.73 Å². The first kappa shape index (κ1) is 11.2. The van der Waals surface area contributed by atoms with Crippen LogP contribution in [0.2, 0.25) is 0 Å². The summed E-state index contributed by atoms with van der Waals surface area (Å²) in [5.74, 6) is 0.909. The van der Waals surface area contributed by atoms with Crippen LogP contribution in [-0.4, -0.2) is 28.8 Å². The number of nitrogens with two attached hydrogens (primary N) is 1. The smallest absolute Gasteiger partial charge is 0.129 e. The third-order valence-corrected chi connectivity index (χ3v) is 3.11. The van der Waals surface area contributed by atoms with Crippen molar-refractivity contribution in [1.82, 2.24) is 4.98 Å². The van der Waals surface area contributed by atoms with Crippen LogP contribution >= 0.6 is 0 Å². The number of pyridine rings is 1. The molecule has 0 aromatic carbocycles. The standard InChI is InChI=1S/C12H19N3O/c1-9-10(13)4-5-11(14-9)15-7-3-6-12(2,16)8-15/h4-5,16H,3,6-8,13H2,1-2H3. The zero-order chi connectivity index (χ0) is 11.8. The second-order valence-corrected chi connectivity index (χ2v) is 4.87. The van der Waals surface area contributed by atoms with Gasteiger partial charge in [-0.25, -0.2) is 4.98 Å². The summed E-state index contributed by atoms with van der Waals surface area (Å²) in [5, 5.41) is 10.0. The van der Waals surface area contributed by atoms with Crippen molar-refractivity contribution in [2.75, 3.05) is 23.7 Å². The lowest BCUT2D eigenvalue weighted by molar-refractivity contribution is 0.0447. The van der Waals surface area contributed by atoms with Gasteiger partial charge in [-0.2, -0.15) is 0 Å². The summed E-state index contributed by atoms with van der Waals surface area (Å²) in [6.45, 7) is 5.38. The topological polar surface area (TPSA) is 62.4 Å². The summed E-state index contributed by atoms with van der Waals surface area (Å²) < 4.78 is 0. The SMILES string of the molecule is Cc1nc(N2CCCC(C)(O)C2)ccc1N. The third kappa shape index (κ3) is 2.27. The summed E-state index contributed by atoms with van der Waals surface area (Å²) in [5.41, 5.74) is 6.70. The van der Waals surface area contributed by atoms with Gasteiger partial charge in [0.25, 0.3) is 0 Å². The second-order valence-electron chi connectivity index (χ2n) is 4.87. The molecule has 1 atom stereocenters. The molecule has 4 heteroatoms. The fourth-order valence-corrected chi connectivity index (χ4v) is 2.15. The van der Waals surface area contributed by atoms with Crippen LogP contribution in [0, 0.1) is 6.92 Å². The number of piperidine rings is 1. The number of hydrogen-bond donors (Lipinski definition) is 2. The van der Waals surface area contributed by atoms with Gasteiger partial charge in [-0.15, -0.1) is 0 Å². The van der Waals surface area contributed by atoms with E-state index in [1.165, 1.54) is 0 Å². The van der Waals surface area contributed by atoms with Crippen molar-refractivity contribution < 1.29 is 5.11 Å². The summed E-state index contributed by atoms with van der Waals surface area (Å²) in [6.07, 6.45) is 1.86. The molecule has 0 spiro atoms. The highest BCUT2D eigenvalue weighted by atomic mass is 16.3. The lowest BCUT2D eigenvalue weighted by atomic mass is 9.95. The summed E-state index contributed by atoms with van der Waals surface area (Å²) in [7, 11) is 0. The van der Waals surface area contributed by atoms with Crippen LogP contribution in [0.4, 0.5) is 11.5 Å². The summed E-state index contributed by atoms with van der Waals surface area (Å²) >= 11 is 0. The Morgan fingerprint density at radius 3 is 2.88 bits per heavy atom. The first-order chi connectivity index (χ1) is 7.48. The molecule has 1 aromatic rings. The number of nitrogens with zero attached hydrogens (tertiary/aromatic N) is 2. The third-order valence-electron chi connectivity index (χ3n) is 3.11. The minimum atomic E-state index is -0.602. The molecule has 0 amide bonds. The monoisotopic (exact) mass is 221 g/mol. The largest absolute Gasteiger partial charge is 0.397 e. The van der Waals surface area contributed by atoms with Crippen LogP contribution < -0.4 is 10.6 Å². The molecule has 1 aliphatic heterocycles. The molecule has 88 valence electrons. The molecule has 3 N–H and O–H groups in total. The summed E-state index contributed by atoms with van der Waals surface area (Å²) in [4.78, 5) is 6.57. The molecular weight excluding hydrogens is 202 g/mol. The van der Waals surface area contributed by atoms with E-state index in [0.717, 1.165) is 30.9 Å². The fourth-order valence-electron chi connectivity index (χ4n) is 2.15. The van der Waals surface area contributed by atoms with E-state index in [9.17, 15) is 5.11 Å². The van der Waals surface area contributed by atoms with E-state index in [2.05, 4.69) is 9.88 Å². The number of aliphatic hydroxyl groups is 1. The Hall–Kier alpha value is -1.29. The van der Waals surface area contributed by atoms with Crippen molar-refractivity contribution in [3.05, 3.63) is 17.8 Å². The minimum absolute atomic E-state index is 0.602. The predicted molar refractivity (Wildman–Crippen MR) is 65.5 cm³/mol. The minimum Gasteiger partial charge on any atom is -0.397 e. The number of β-amino-alcohol motifs (C(OH)–C–C–N with tert-alkyl or cyclic N) is 1. The average Bonchev–Trinajstić information content (AvgIpc) is 2.20. The van der Waals surface area contributed by atoms with Gasteiger partial charge in [0, 0.05) is 13.1 Å². The quantitative estimate of drug-likeness (QED) is 0.751. The van der Waals surface area contributed by atoms with E-state index in [-0.39, 0.29) is 0 Å². The first-order valence-electron chi connectivity index (χ1n) is 5.68. The first-order valence-corrected chi connectivity index (χ1v) is 5.68.